The van der Waals surface area contributed by atoms with E-state index in [1.165, 1.54) is 18.2 Å². The fraction of sp³-hybridized carbons (Fsp3) is 0.259. The minimum absolute atomic E-state index is 0.180. The molecule has 1 amide bonds. The Morgan fingerprint density at radius 1 is 1.06 bits per heavy atom. The van der Waals surface area contributed by atoms with Crippen LogP contribution in [0.15, 0.2) is 66.7 Å². The number of halogens is 4. The molecule has 0 bridgehead atoms. The molecule has 36 heavy (non-hydrogen) atoms. The van der Waals surface area contributed by atoms with Crippen molar-refractivity contribution in [1.29, 1.82) is 0 Å². The smallest absolute Gasteiger partial charge is 0.416 e. The van der Waals surface area contributed by atoms with Crippen molar-refractivity contribution in [2.45, 2.75) is 38.1 Å². The second kappa shape index (κ2) is 9.85. The molecule has 0 aromatic heterocycles. The Bertz CT molecular complexity index is 1290. The van der Waals surface area contributed by atoms with E-state index in [2.05, 4.69) is 0 Å². The highest BCUT2D eigenvalue weighted by Crippen LogP contribution is 2.38. The number of carboxylic acids is 1. The lowest BCUT2D eigenvalue weighted by molar-refractivity contribution is -0.139. The quantitative estimate of drug-likeness (QED) is 0.416. The van der Waals surface area contributed by atoms with Crippen LogP contribution in [0.5, 0.6) is 5.75 Å². The number of carbonyl (C=O) groups excluding carboxylic acids is 1. The predicted octanol–water partition coefficient (Wildman–Crippen LogP) is 6.02. The molecule has 0 radical (unpaired) electrons. The van der Waals surface area contributed by atoms with Gasteiger partial charge in [0.1, 0.15) is 17.9 Å². The van der Waals surface area contributed by atoms with Crippen LogP contribution in [0, 0.1) is 0 Å². The van der Waals surface area contributed by atoms with Gasteiger partial charge in [-0.2, -0.15) is 13.2 Å². The Morgan fingerprint density at radius 3 is 2.44 bits per heavy atom. The maximum atomic E-state index is 13.2. The van der Waals surface area contributed by atoms with Gasteiger partial charge in [0.25, 0.3) is 5.91 Å². The van der Waals surface area contributed by atoms with E-state index in [1.807, 2.05) is 19.1 Å². The molecule has 1 heterocycles. The number of hydrogen-bond donors (Lipinski definition) is 1. The van der Waals surface area contributed by atoms with Crippen LogP contribution in [-0.2, 0) is 30.4 Å². The summed E-state index contributed by atoms with van der Waals surface area (Å²) in [7, 11) is 0. The molecular weight excluding hydrogens is 495 g/mol. The summed E-state index contributed by atoms with van der Waals surface area (Å²) in [5, 5.41) is 9.96. The number of nitrogens with zero attached hydrogens (tertiary/aromatic N) is 1. The number of rotatable bonds is 7. The molecule has 5 nitrogen and oxygen atoms in total. The third kappa shape index (κ3) is 5.99. The number of hydrogen-bond acceptors (Lipinski definition) is 3. The molecule has 9 heteroatoms. The van der Waals surface area contributed by atoms with E-state index in [-0.39, 0.29) is 17.7 Å². The fourth-order valence-corrected chi connectivity index (χ4v) is 4.52. The van der Waals surface area contributed by atoms with E-state index in [1.54, 1.807) is 24.3 Å². The zero-order valence-electron chi connectivity index (χ0n) is 19.3. The van der Waals surface area contributed by atoms with Crippen molar-refractivity contribution in [3.63, 3.8) is 0 Å². The number of alkyl halides is 3. The molecule has 4 rings (SSSR count). The van der Waals surface area contributed by atoms with Gasteiger partial charge in [-0.25, -0.2) is 0 Å². The minimum atomic E-state index is -4.55. The first kappa shape index (κ1) is 25.6. The third-order valence-electron chi connectivity index (χ3n) is 5.96. The zero-order chi connectivity index (χ0) is 26.1. The number of carboxylic acid groups (broad SMARTS) is 1. The lowest BCUT2D eigenvalue weighted by Gasteiger charge is -2.24. The molecule has 0 saturated carbocycles. The van der Waals surface area contributed by atoms with Crippen LogP contribution in [0.3, 0.4) is 0 Å². The Balaban J connectivity index is 1.53. The van der Waals surface area contributed by atoms with Gasteiger partial charge in [0.2, 0.25) is 0 Å². The first-order valence-electron chi connectivity index (χ1n) is 11.2. The Labute approximate surface area is 211 Å². The summed E-state index contributed by atoms with van der Waals surface area (Å²) in [6.45, 7) is 1.03. The van der Waals surface area contributed by atoms with Crippen LogP contribution in [0.2, 0.25) is 5.02 Å². The third-order valence-corrected chi connectivity index (χ3v) is 6.21. The lowest BCUT2D eigenvalue weighted by Crippen LogP contribution is -2.35. The van der Waals surface area contributed by atoms with Crippen LogP contribution in [-0.4, -0.2) is 34.0 Å². The van der Waals surface area contributed by atoms with E-state index in [0.717, 1.165) is 28.2 Å². The van der Waals surface area contributed by atoms with Gasteiger partial charge in [0.05, 0.1) is 5.56 Å². The molecule has 1 aliphatic rings. The maximum Gasteiger partial charge on any atom is 0.416 e. The van der Waals surface area contributed by atoms with Crippen molar-refractivity contribution in [3.05, 3.63) is 99.6 Å². The van der Waals surface area contributed by atoms with Crippen molar-refractivity contribution in [1.82, 2.24) is 4.90 Å². The van der Waals surface area contributed by atoms with Gasteiger partial charge in [0, 0.05) is 30.0 Å². The topological polar surface area (TPSA) is 66.8 Å². The first-order valence-corrected chi connectivity index (χ1v) is 11.5. The van der Waals surface area contributed by atoms with Gasteiger partial charge in [-0.05, 0) is 66.1 Å². The molecular formula is C27H23ClF3NO4. The summed E-state index contributed by atoms with van der Waals surface area (Å²) in [4.78, 5) is 25.7. The van der Waals surface area contributed by atoms with Crippen LogP contribution < -0.4 is 4.74 Å². The molecule has 1 N–H and O–H groups in total. The molecule has 0 fully saturated rings. The van der Waals surface area contributed by atoms with E-state index >= 15 is 0 Å². The first-order chi connectivity index (χ1) is 16.9. The minimum Gasteiger partial charge on any atom is -0.487 e. The maximum absolute atomic E-state index is 13.2. The Hall–Kier alpha value is -3.52. The standard InChI is InChI=1S/C27H23ClF3NO4/c1-26(13-17-5-8-22(28)9-6-17)14-20-12-19(7-10-23(20)36-26)25(35)32(16-24(33)34)15-18-3-2-4-21(11-18)27(29,30)31/h2-12H,13-16H2,1H3,(H,33,34)/t26-/m1/s1. The predicted molar refractivity (Wildman–Crippen MR) is 128 cm³/mol. The summed E-state index contributed by atoms with van der Waals surface area (Å²) in [5.41, 5.74) is 0.848. The van der Waals surface area contributed by atoms with Gasteiger partial charge < -0.3 is 14.7 Å². The zero-order valence-corrected chi connectivity index (χ0v) is 20.1. The van der Waals surface area contributed by atoms with Crippen LogP contribution in [0.25, 0.3) is 0 Å². The van der Waals surface area contributed by atoms with Gasteiger partial charge in [-0.15, -0.1) is 0 Å². The number of amides is 1. The lowest BCUT2D eigenvalue weighted by atomic mass is 9.91. The summed E-state index contributed by atoms with van der Waals surface area (Å²) >= 11 is 5.96. The Morgan fingerprint density at radius 2 is 1.78 bits per heavy atom. The van der Waals surface area contributed by atoms with Crippen LogP contribution >= 0.6 is 11.6 Å². The number of fused-ring (bicyclic) bond motifs is 1. The van der Waals surface area contributed by atoms with Crippen molar-refractivity contribution < 1.29 is 32.6 Å². The summed E-state index contributed by atoms with van der Waals surface area (Å²) in [6, 6.07) is 16.8. The van der Waals surface area contributed by atoms with Crippen molar-refractivity contribution in [3.8, 4) is 5.75 Å². The highest BCUT2D eigenvalue weighted by molar-refractivity contribution is 6.30. The highest BCUT2D eigenvalue weighted by Gasteiger charge is 2.36. The van der Waals surface area contributed by atoms with E-state index in [4.69, 9.17) is 16.3 Å². The monoisotopic (exact) mass is 517 g/mol. The molecule has 188 valence electrons. The average Bonchev–Trinajstić information content (AvgIpc) is 3.14. The molecule has 3 aromatic carbocycles. The van der Waals surface area contributed by atoms with E-state index in [0.29, 0.717) is 23.6 Å². The van der Waals surface area contributed by atoms with E-state index in [9.17, 15) is 27.9 Å². The highest BCUT2D eigenvalue weighted by atomic mass is 35.5. The normalized spacial score (nSPS) is 16.8. The summed E-state index contributed by atoms with van der Waals surface area (Å²) < 4.78 is 45.4. The number of carbonyl (C=O) groups is 2. The number of benzene rings is 3. The van der Waals surface area contributed by atoms with Gasteiger partial charge in [0.15, 0.2) is 0 Å². The molecule has 0 spiro atoms. The number of aliphatic carboxylic acids is 1. The fourth-order valence-electron chi connectivity index (χ4n) is 4.40. The van der Waals surface area contributed by atoms with Crippen molar-refractivity contribution >= 4 is 23.5 Å². The molecule has 3 aromatic rings. The second-order valence-corrected chi connectivity index (χ2v) is 9.54. The summed E-state index contributed by atoms with van der Waals surface area (Å²) in [5.74, 6) is -1.23. The Kier molecular flexibility index (Phi) is 7.00. The van der Waals surface area contributed by atoms with Gasteiger partial charge in [-0.1, -0.05) is 35.9 Å². The van der Waals surface area contributed by atoms with E-state index < -0.39 is 35.8 Å². The SMILES string of the molecule is C[C@@]1(Cc2ccc(Cl)cc2)Cc2cc(C(=O)N(CC(=O)O)Cc3cccc(C(F)(F)F)c3)ccc2O1. The summed E-state index contributed by atoms with van der Waals surface area (Å²) in [6.07, 6.45) is -3.41. The molecule has 0 saturated heterocycles. The molecule has 1 atom stereocenters. The van der Waals surface area contributed by atoms with Crippen molar-refractivity contribution in [2.24, 2.45) is 0 Å². The van der Waals surface area contributed by atoms with Gasteiger partial charge in [-0.3, -0.25) is 9.59 Å². The van der Waals surface area contributed by atoms with Crippen molar-refractivity contribution in [2.75, 3.05) is 6.54 Å². The van der Waals surface area contributed by atoms with Gasteiger partial charge >= 0.3 is 12.1 Å². The van der Waals surface area contributed by atoms with Crippen LogP contribution in [0.4, 0.5) is 13.2 Å². The second-order valence-electron chi connectivity index (χ2n) is 9.11. The average molecular weight is 518 g/mol. The largest absolute Gasteiger partial charge is 0.487 e. The number of ether oxygens (including phenoxy) is 1. The molecule has 0 aliphatic carbocycles. The molecule has 1 aliphatic heterocycles. The van der Waals surface area contributed by atoms with Crippen LogP contribution in [0.1, 0.15) is 39.5 Å². The molecule has 0 unspecified atom stereocenters.